The molecule has 7 aromatic rings. The Hall–Kier alpha value is -4.74. The molecule has 0 atom stereocenters. The zero-order valence-electron chi connectivity index (χ0n) is 20.8. The first-order valence-electron chi connectivity index (χ1n) is 12.7. The molecule has 0 aliphatic carbocycles. The van der Waals surface area contributed by atoms with E-state index >= 15 is 0 Å². The molecule has 0 bridgehead atoms. The Balaban J connectivity index is 1.34. The lowest BCUT2D eigenvalue weighted by Gasteiger charge is -2.12. The molecule has 0 spiro atoms. The molecular formula is C34H22O4S. The maximum atomic E-state index is 12.8. The van der Waals surface area contributed by atoms with Gasteiger partial charge in [-0.1, -0.05) is 72.8 Å². The zero-order chi connectivity index (χ0) is 26.6. The molecule has 39 heavy (non-hydrogen) atoms. The largest absolute Gasteiger partial charge is 0.342 e. The van der Waals surface area contributed by atoms with Crippen molar-refractivity contribution in [1.82, 2.24) is 0 Å². The first-order chi connectivity index (χ1) is 18.9. The molecule has 0 aromatic heterocycles. The number of benzene rings is 7. The van der Waals surface area contributed by atoms with Crippen molar-refractivity contribution in [3.8, 4) is 0 Å². The maximum Gasteiger partial charge on any atom is 0.341 e. The van der Waals surface area contributed by atoms with Crippen LogP contribution in [0.3, 0.4) is 0 Å². The van der Waals surface area contributed by atoms with Crippen LogP contribution < -0.4 is 0 Å². The number of carbonyl (C=O) groups excluding carboxylic acids is 1. The molecular weight excluding hydrogens is 504 g/mol. The zero-order valence-corrected chi connectivity index (χ0v) is 21.6. The first-order valence-corrected chi connectivity index (χ1v) is 14.1. The van der Waals surface area contributed by atoms with Gasteiger partial charge in [-0.3, -0.25) is 4.79 Å². The van der Waals surface area contributed by atoms with Crippen LogP contribution in [-0.4, -0.2) is 14.4 Å². The Kier molecular flexibility index (Phi) is 5.35. The highest BCUT2D eigenvalue weighted by atomic mass is 32.2. The summed E-state index contributed by atoms with van der Waals surface area (Å²) >= 11 is 0. The highest BCUT2D eigenvalue weighted by molar-refractivity contribution is 7.87. The van der Waals surface area contributed by atoms with Crippen molar-refractivity contribution in [3.63, 3.8) is 0 Å². The predicted molar refractivity (Wildman–Crippen MR) is 157 cm³/mol. The summed E-state index contributed by atoms with van der Waals surface area (Å²) in [7, 11) is -4.18. The van der Waals surface area contributed by atoms with Crippen LogP contribution in [0, 0.1) is 0 Å². The average Bonchev–Trinajstić information content (AvgIpc) is 2.94. The van der Waals surface area contributed by atoms with Crippen LogP contribution >= 0.6 is 0 Å². The summed E-state index contributed by atoms with van der Waals surface area (Å²) in [4.78, 5) is 12.7. The number of hydrogen-bond donors (Lipinski definition) is 0. The lowest BCUT2D eigenvalue weighted by molar-refractivity contribution is -0.133. The Bertz CT molecular complexity index is 2200. The van der Waals surface area contributed by atoms with Crippen LogP contribution in [0.1, 0.15) is 5.56 Å². The molecule has 0 aliphatic heterocycles. The van der Waals surface area contributed by atoms with Crippen LogP contribution in [0.25, 0.3) is 53.9 Å². The van der Waals surface area contributed by atoms with Gasteiger partial charge >= 0.3 is 16.1 Å². The molecule has 0 N–H and O–H groups in total. The highest BCUT2D eigenvalue weighted by Gasteiger charge is 2.21. The van der Waals surface area contributed by atoms with Crippen molar-refractivity contribution in [3.05, 3.63) is 127 Å². The fraction of sp³-hybridized carbons (Fsp3) is 0.0294. The molecule has 0 aliphatic rings. The molecule has 0 unspecified atom stereocenters. The molecule has 0 radical (unpaired) electrons. The topological polar surface area (TPSA) is 60.4 Å². The minimum Gasteiger partial charge on any atom is -0.342 e. The van der Waals surface area contributed by atoms with Crippen LogP contribution in [0.15, 0.2) is 126 Å². The van der Waals surface area contributed by atoms with Gasteiger partial charge < -0.3 is 4.18 Å². The summed E-state index contributed by atoms with van der Waals surface area (Å²) in [6, 6.07) is 39.2. The van der Waals surface area contributed by atoms with Crippen LogP contribution in [0.4, 0.5) is 0 Å². The van der Waals surface area contributed by atoms with E-state index in [1.54, 1.807) is 18.2 Å². The number of hydrogen-bond acceptors (Lipinski definition) is 4. The SMILES string of the molecule is O=C(Cc1cccc2cc3ccc4cc5cc6ccccc6cc5cc4c3cc12)OS(=O)(=O)c1ccccc1. The summed E-state index contributed by atoms with van der Waals surface area (Å²) in [6.07, 6.45) is -0.158. The van der Waals surface area contributed by atoms with Gasteiger partial charge in [0, 0.05) is 0 Å². The fourth-order valence-corrected chi connectivity index (χ4v) is 6.33. The smallest absolute Gasteiger partial charge is 0.341 e. The van der Waals surface area contributed by atoms with E-state index in [4.69, 9.17) is 4.18 Å². The summed E-state index contributed by atoms with van der Waals surface area (Å²) in [5, 5.41) is 11.1. The molecule has 7 rings (SSSR count). The molecule has 0 saturated heterocycles. The molecule has 0 saturated carbocycles. The van der Waals surface area contributed by atoms with Crippen molar-refractivity contribution in [2.75, 3.05) is 0 Å². The van der Waals surface area contributed by atoms with E-state index < -0.39 is 16.1 Å². The van der Waals surface area contributed by atoms with Gasteiger partial charge in [-0.25, -0.2) is 0 Å². The van der Waals surface area contributed by atoms with Crippen molar-refractivity contribution in [2.24, 2.45) is 0 Å². The molecule has 188 valence electrons. The third-order valence-electron chi connectivity index (χ3n) is 7.32. The molecule has 0 heterocycles. The third kappa shape index (κ3) is 4.17. The second kappa shape index (κ2) is 8.93. The van der Waals surface area contributed by atoms with Crippen molar-refractivity contribution in [2.45, 2.75) is 11.3 Å². The summed E-state index contributed by atoms with van der Waals surface area (Å²) < 4.78 is 30.1. The molecule has 0 fully saturated rings. The van der Waals surface area contributed by atoms with Gasteiger partial charge in [-0.05, 0) is 108 Å². The Labute approximate surface area is 225 Å². The van der Waals surface area contributed by atoms with Gasteiger partial charge in [0.05, 0.1) is 6.42 Å². The van der Waals surface area contributed by atoms with Crippen LogP contribution in [0.2, 0.25) is 0 Å². The van der Waals surface area contributed by atoms with E-state index in [0.717, 1.165) is 37.7 Å². The number of rotatable bonds is 4. The van der Waals surface area contributed by atoms with Crippen molar-refractivity contribution < 1.29 is 17.4 Å². The van der Waals surface area contributed by atoms with E-state index in [9.17, 15) is 13.2 Å². The van der Waals surface area contributed by atoms with Crippen LogP contribution in [-0.2, 0) is 25.5 Å². The van der Waals surface area contributed by atoms with E-state index in [0.29, 0.717) is 5.56 Å². The minimum absolute atomic E-state index is 0.0475. The standard InChI is InChI=1S/C34H22O4S/c35-34(38-39(36,37)30-11-2-1-3-12-30)20-25-10-6-9-24-17-26-13-14-27-18-28-15-22-7-4-5-8-23(22)16-29(28)19-32(27)33(26)21-31(24)25/h1-19,21H,20H2. The second-order valence-electron chi connectivity index (χ2n) is 9.80. The van der Waals surface area contributed by atoms with Gasteiger partial charge in [0.15, 0.2) is 0 Å². The summed E-state index contributed by atoms with van der Waals surface area (Å²) in [5.41, 5.74) is 0.714. The normalized spacial score (nSPS) is 12.0. The average molecular weight is 527 g/mol. The minimum atomic E-state index is -4.18. The quantitative estimate of drug-likeness (QED) is 0.133. The van der Waals surface area contributed by atoms with E-state index in [1.807, 2.05) is 24.3 Å². The van der Waals surface area contributed by atoms with E-state index in [1.165, 1.54) is 28.3 Å². The molecule has 0 amide bonds. The van der Waals surface area contributed by atoms with Gasteiger partial charge in [0.1, 0.15) is 4.90 Å². The number of carbonyl (C=O) groups is 1. The monoisotopic (exact) mass is 526 g/mol. The lowest BCUT2D eigenvalue weighted by atomic mass is 9.93. The van der Waals surface area contributed by atoms with Gasteiger partial charge in [-0.15, -0.1) is 0 Å². The van der Waals surface area contributed by atoms with Crippen LogP contribution in [0.5, 0.6) is 0 Å². The highest BCUT2D eigenvalue weighted by Crippen LogP contribution is 2.34. The summed E-state index contributed by atoms with van der Waals surface area (Å²) in [5.74, 6) is -0.817. The maximum absolute atomic E-state index is 12.8. The lowest BCUT2D eigenvalue weighted by Crippen LogP contribution is -2.15. The second-order valence-corrected chi connectivity index (χ2v) is 11.3. The van der Waals surface area contributed by atoms with E-state index in [-0.39, 0.29) is 11.3 Å². The first kappa shape index (κ1) is 23.4. The van der Waals surface area contributed by atoms with Crippen molar-refractivity contribution >= 4 is 69.9 Å². The predicted octanol–water partition coefficient (Wildman–Crippen LogP) is 7.93. The summed E-state index contributed by atoms with van der Waals surface area (Å²) in [6.45, 7) is 0. The third-order valence-corrected chi connectivity index (χ3v) is 8.57. The Morgan fingerprint density at radius 1 is 0.513 bits per heavy atom. The van der Waals surface area contributed by atoms with Crippen molar-refractivity contribution in [1.29, 1.82) is 0 Å². The fourth-order valence-electron chi connectivity index (χ4n) is 5.44. The Morgan fingerprint density at radius 3 is 1.77 bits per heavy atom. The molecule has 4 nitrogen and oxygen atoms in total. The van der Waals surface area contributed by atoms with Gasteiger partial charge in [0.2, 0.25) is 0 Å². The Morgan fingerprint density at radius 2 is 1.05 bits per heavy atom. The molecule has 7 aromatic carbocycles. The van der Waals surface area contributed by atoms with Gasteiger partial charge in [-0.2, -0.15) is 8.42 Å². The van der Waals surface area contributed by atoms with Gasteiger partial charge in [0.25, 0.3) is 0 Å². The van der Waals surface area contributed by atoms with E-state index in [2.05, 4.69) is 66.7 Å². The number of fused-ring (bicyclic) bond motifs is 6. The molecule has 5 heteroatoms.